The van der Waals surface area contributed by atoms with E-state index < -0.39 is 11.8 Å². The van der Waals surface area contributed by atoms with Crippen LogP contribution in [0, 0.1) is 11.3 Å². The zero-order valence-corrected chi connectivity index (χ0v) is 6.65. The molecule has 0 aromatic heterocycles. The number of alkyl halides is 2. The molecule has 3 rings (SSSR count). The SMILES string of the molecule is FC(F)C12CCC(CC1)CC2. The van der Waals surface area contributed by atoms with Gasteiger partial charge in [-0.1, -0.05) is 0 Å². The Kier molecular flexibility index (Phi) is 1.66. The second-order valence-corrected chi connectivity index (χ2v) is 4.15. The van der Waals surface area contributed by atoms with Gasteiger partial charge in [-0.15, -0.1) is 0 Å². The van der Waals surface area contributed by atoms with Crippen LogP contribution in [0.4, 0.5) is 8.78 Å². The van der Waals surface area contributed by atoms with Crippen molar-refractivity contribution in [3.05, 3.63) is 0 Å². The number of hydrogen-bond donors (Lipinski definition) is 0. The molecule has 3 saturated carbocycles. The van der Waals surface area contributed by atoms with E-state index in [2.05, 4.69) is 0 Å². The summed E-state index contributed by atoms with van der Waals surface area (Å²) in [4.78, 5) is 0. The van der Waals surface area contributed by atoms with Gasteiger partial charge in [0.25, 0.3) is 0 Å². The lowest BCUT2D eigenvalue weighted by Gasteiger charge is -2.45. The minimum atomic E-state index is -2.07. The molecule has 64 valence electrons. The minimum Gasteiger partial charge on any atom is -0.210 e. The van der Waals surface area contributed by atoms with Crippen LogP contribution in [0.1, 0.15) is 38.5 Å². The van der Waals surface area contributed by atoms with E-state index in [9.17, 15) is 8.78 Å². The standard InChI is InChI=1S/C9H14F2/c10-8(11)9-4-1-7(2-5-9)3-6-9/h7-8H,1-6H2. The van der Waals surface area contributed by atoms with Crippen LogP contribution >= 0.6 is 0 Å². The second-order valence-electron chi connectivity index (χ2n) is 4.15. The van der Waals surface area contributed by atoms with E-state index in [0.717, 1.165) is 44.4 Å². The first-order chi connectivity index (χ1) is 5.23. The molecule has 11 heavy (non-hydrogen) atoms. The van der Waals surface area contributed by atoms with Crippen LogP contribution in [-0.2, 0) is 0 Å². The molecule has 0 saturated heterocycles. The number of fused-ring (bicyclic) bond motifs is 3. The van der Waals surface area contributed by atoms with Crippen molar-refractivity contribution >= 4 is 0 Å². The van der Waals surface area contributed by atoms with Crippen LogP contribution in [0.25, 0.3) is 0 Å². The average Bonchev–Trinajstić information content (AvgIpc) is 2.08. The van der Waals surface area contributed by atoms with Gasteiger partial charge in [0.15, 0.2) is 0 Å². The summed E-state index contributed by atoms with van der Waals surface area (Å²) in [6.45, 7) is 0. The smallest absolute Gasteiger partial charge is 0.210 e. The maximum Gasteiger partial charge on any atom is 0.244 e. The van der Waals surface area contributed by atoms with Crippen LogP contribution in [0.3, 0.4) is 0 Å². The summed E-state index contributed by atoms with van der Waals surface area (Å²) in [5, 5.41) is 0. The van der Waals surface area contributed by atoms with Crippen molar-refractivity contribution in [1.82, 2.24) is 0 Å². The van der Waals surface area contributed by atoms with Crippen LogP contribution in [-0.4, -0.2) is 6.43 Å². The monoisotopic (exact) mass is 160 g/mol. The van der Waals surface area contributed by atoms with Gasteiger partial charge in [-0.2, -0.15) is 0 Å². The molecule has 0 spiro atoms. The van der Waals surface area contributed by atoms with Gasteiger partial charge in [0.2, 0.25) is 6.43 Å². The van der Waals surface area contributed by atoms with E-state index in [1.165, 1.54) is 0 Å². The molecule has 0 aromatic carbocycles. The van der Waals surface area contributed by atoms with E-state index in [1.54, 1.807) is 0 Å². The lowest BCUT2D eigenvalue weighted by atomic mass is 9.61. The van der Waals surface area contributed by atoms with Gasteiger partial charge in [0, 0.05) is 5.41 Å². The molecule has 2 heteroatoms. The molecule has 3 fully saturated rings. The fraction of sp³-hybridized carbons (Fsp3) is 1.00. The highest BCUT2D eigenvalue weighted by Gasteiger charge is 2.46. The molecule has 3 aliphatic carbocycles. The van der Waals surface area contributed by atoms with Gasteiger partial charge < -0.3 is 0 Å². The molecule has 0 atom stereocenters. The highest BCUT2D eigenvalue weighted by Crippen LogP contribution is 2.53. The Bertz CT molecular complexity index is 132. The molecule has 0 aliphatic heterocycles. The van der Waals surface area contributed by atoms with Crippen molar-refractivity contribution in [3.63, 3.8) is 0 Å². The predicted octanol–water partition coefficient (Wildman–Crippen LogP) is 3.22. The van der Waals surface area contributed by atoms with Crippen LogP contribution in [0.5, 0.6) is 0 Å². The molecule has 2 bridgehead atoms. The van der Waals surface area contributed by atoms with Crippen molar-refractivity contribution in [2.45, 2.75) is 45.0 Å². The minimum absolute atomic E-state index is 0.547. The first-order valence-electron chi connectivity index (χ1n) is 4.51. The zero-order valence-electron chi connectivity index (χ0n) is 6.65. The van der Waals surface area contributed by atoms with Gasteiger partial charge in [-0.3, -0.25) is 0 Å². The Hall–Kier alpha value is -0.140. The quantitative estimate of drug-likeness (QED) is 0.552. The third-order valence-corrected chi connectivity index (χ3v) is 3.61. The molecule has 0 unspecified atom stereocenters. The van der Waals surface area contributed by atoms with Crippen LogP contribution in [0.15, 0.2) is 0 Å². The first-order valence-corrected chi connectivity index (χ1v) is 4.51. The Balaban J connectivity index is 2.12. The van der Waals surface area contributed by atoms with Crippen molar-refractivity contribution in [2.24, 2.45) is 11.3 Å². The molecule has 0 amide bonds. The second kappa shape index (κ2) is 2.43. The molecule has 3 aliphatic rings. The summed E-state index contributed by atoms with van der Waals surface area (Å²) in [7, 11) is 0. The van der Waals surface area contributed by atoms with E-state index in [-0.39, 0.29) is 0 Å². The van der Waals surface area contributed by atoms with Crippen LogP contribution in [0.2, 0.25) is 0 Å². The molecule has 0 heterocycles. The van der Waals surface area contributed by atoms with Crippen molar-refractivity contribution in [1.29, 1.82) is 0 Å². The number of halogens is 2. The van der Waals surface area contributed by atoms with E-state index in [0.29, 0.717) is 0 Å². The largest absolute Gasteiger partial charge is 0.244 e. The highest BCUT2D eigenvalue weighted by atomic mass is 19.3. The van der Waals surface area contributed by atoms with Crippen molar-refractivity contribution < 1.29 is 8.78 Å². The summed E-state index contributed by atoms with van der Waals surface area (Å²) in [5.41, 5.74) is -0.547. The van der Waals surface area contributed by atoms with Crippen molar-refractivity contribution in [3.8, 4) is 0 Å². The number of hydrogen-bond acceptors (Lipinski definition) is 0. The van der Waals surface area contributed by atoms with Crippen molar-refractivity contribution in [2.75, 3.05) is 0 Å². The summed E-state index contributed by atoms with van der Waals surface area (Å²) < 4.78 is 25.2. The summed E-state index contributed by atoms with van der Waals surface area (Å²) in [6, 6.07) is 0. The topological polar surface area (TPSA) is 0 Å². The Morgan fingerprint density at radius 2 is 1.45 bits per heavy atom. The normalized spacial score (nSPS) is 43.4. The summed E-state index contributed by atoms with van der Waals surface area (Å²) >= 11 is 0. The average molecular weight is 160 g/mol. The summed E-state index contributed by atoms with van der Waals surface area (Å²) in [6.07, 6.45) is 3.47. The van der Waals surface area contributed by atoms with Gasteiger partial charge in [0.1, 0.15) is 0 Å². The highest BCUT2D eigenvalue weighted by molar-refractivity contribution is 4.93. The Morgan fingerprint density at radius 3 is 1.73 bits per heavy atom. The first kappa shape index (κ1) is 7.51. The maximum absolute atomic E-state index is 12.6. The van der Waals surface area contributed by atoms with Gasteiger partial charge in [-0.25, -0.2) is 8.78 Å². The lowest BCUT2D eigenvalue weighted by Crippen LogP contribution is -2.39. The fourth-order valence-electron chi connectivity index (χ4n) is 2.61. The fourth-order valence-corrected chi connectivity index (χ4v) is 2.61. The Labute approximate surface area is 66.0 Å². The molecular weight excluding hydrogens is 146 g/mol. The van der Waals surface area contributed by atoms with Gasteiger partial charge in [0.05, 0.1) is 0 Å². The van der Waals surface area contributed by atoms with Gasteiger partial charge >= 0.3 is 0 Å². The molecule has 0 aromatic rings. The van der Waals surface area contributed by atoms with Gasteiger partial charge in [-0.05, 0) is 44.4 Å². The van der Waals surface area contributed by atoms with E-state index in [4.69, 9.17) is 0 Å². The number of rotatable bonds is 1. The molecule has 0 radical (unpaired) electrons. The third-order valence-electron chi connectivity index (χ3n) is 3.61. The molecular formula is C9H14F2. The Morgan fingerprint density at radius 1 is 1.00 bits per heavy atom. The third kappa shape index (κ3) is 1.07. The molecule has 0 nitrogen and oxygen atoms in total. The van der Waals surface area contributed by atoms with Crippen LogP contribution < -0.4 is 0 Å². The predicted molar refractivity (Wildman–Crippen MR) is 39.6 cm³/mol. The lowest BCUT2D eigenvalue weighted by molar-refractivity contribution is -0.0751. The zero-order chi connectivity index (χ0) is 7.90. The summed E-state index contributed by atoms with van der Waals surface area (Å²) in [5.74, 6) is 0.788. The van der Waals surface area contributed by atoms with E-state index in [1.807, 2.05) is 0 Å². The maximum atomic E-state index is 12.6. The van der Waals surface area contributed by atoms with E-state index >= 15 is 0 Å². The molecule has 0 N–H and O–H groups in total.